The van der Waals surface area contributed by atoms with Crippen LogP contribution < -0.4 is 15.4 Å². The van der Waals surface area contributed by atoms with Gasteiger partial charge in [0, 0.05) is 43.4 Å². The molecule has 2 N–H and O–H groups in total. The Morgan fingerprint density at radius 2 is 2.16 bits per heavy atom. The summed E-state index contributed by atoms with van der Waals surface area (Å²) in [5.41, 5.74) is 3.51. The molecule has 0 amide bonds. The van der Waals surface area contributed by atoms with Crippen molar-refractivity contribution in [1.82, 2.24) is 15.6 Å². The number of guanidine groups is 1. The predicted molar refractivity (Wildman–Crippen MR) is 126 cm³/mol. The molecule has 0 saturated carbocycles. The van der Waals surface area contributed by atoms with Crippen LogP contribution in [0.2, 0.25) is 0 Å². The normalized spacial score (nSPS) is 17.6. The number of aryl methyl sites for hydroxylation is 1. The van der Waals surface area contributed by atoms with Gasteiger partial charge in [0.1, 0.15) is 11.9 Å². The van der Waals surface area contributed by atoms with E-state index < -0.39 is 0 Å². The molecule has 1 aliphatic rings. The smallest absolute Gasteiger partial charge is 0.191 e. The van der Waals surface area contributed by atoms with Gasteiger partial charge in [-0.25, -0.2) is 4.99 Å². The first kappa shape index (κ1) is 23.1. The summed E-state index contributed by atoms with van der Waals surface area (Å²) in [6.45, 7) is 12.2. The van der Waals surface area contributed by atoms with Gasteiger partial charge in [0.2, 0.25) is 0 Å². The number of hydrogen-bond acceptors (Lipinski definition) is 4. The maximum atomic E-state index is 6.23. The molecule has 6 heteroatoms. The fourth-order valence-electron chi connectivity index (χ4n) is 3.73. The van der Waals surface area contributed by atoms with Crippen molar-refractivity contribution in [1.29, 1.82) is 0 Å². The van der Waals surface area contributed by atoms with Gasteiger partial charge in [0.05, 0.1) is 19.8 Å². The molecular formula is C25H36N4O2. The zero-order chi connectivity index (χ0) is 22.1. The van der Waals surface area contributed by atoms with Crippen LogP contribution in [-0.4, -0.2) is 43.4 Å². The highest BCUT2D eigenvalue weighted by molar-refractivity contribution is 5.79. The molecule has 2 atom stereocenters. The van der Waals surface area contributed by atoms with Gasteiger partial charge in [-0.05, 0) is 43.0 Å². The number of aliphatic imine (C=N–C) groups is 1. The van der Waals surface area contributed by atoms with Crippen LogP contribution in [0.5, 0.6) is 5.75 Å². The van der Waals surface area contributed by atoms with Crippen molar-refractivity contribution in [2.45, 2.75) is 52.7 Å². The largest absolute Gasteiger partial charge is 0.488 e. The number of ether oxygens (including phenoxy) is 2. The van der Waals surface area contributed by atoms with Gasteiger partial charge in [0.25, 0.3) is 0 Å². The van der Waals surface area contributed by atoms with Crippen LogP contribution in [0.15, 0.2) is 47.7 Å². The zero-order valence-electron chi connectivity index (χ0n) is 19.2. The molecule has 0 radical (unpaired) electrons. The summed E-state index contributed by atoms with van der Waals surface area (Å²) in [5, 5.41) is 6.89. The molecule has 31 heavy (non-hydrogen) atoms. The fourth-order valence-corrected chi connectivity index (χ4v) is 3.73. The minimum absolute atomic E-state index is 0.127. The molecule has 1 fully saturated rings. The zero-order valence-corrected chi connectivity index (χ0v) is 19.2. The van der Waals surface area contributed by atoms with E-state index in [1.807, 2.05) is 18.5 Å². The monoisotopic (exact) mass is 424 g/mol. The average Bonchev–Trinajstić information content (AvgIpc) is 3.27. The Morgan fingerprint density at radius 1 is 1.29 bits per heavy atom. The standard InChI is InChI=1S/C25H36N4O2/c1-5-27-25(29-16-23(18(2)3)20-7-6-11-26-14-20)28-15-21-9-8-19(4)13-24(21)31-22-10-12-30-17-22/h6-9,11,13-14,18,22-23H,5,10,12,15-17H2,1-4H3,(H2,27,28,29). The van der Waals surface area contributed by atoms with E-state index in [1.54, 1.807) is 0 Å². The van der Waals surface area contributed by atoms with Crippen LogP contribution in [0.3, 0.4) is 0 Å². The average molecular weight is 425 g/mol. The number of rotatable bonds is 9. The topological polar surface area (TPSA) is 67.8 Å². The van der Waals surface area contributed by atoms with Gasteiger partial charge < -0.3 is 20.1 Å². The molecule has 6 nitrogen and oxygen atoms in total. The maximum absolute atomic E-state index is 6.23. The van der Waals surface area contributed by atoms with Gasteiger partial charge in [-0.3, -0.25) is 4.98 Å². The van der Waals surface area contributed by atoms with E-state index in [0.717, 1.165) is 43.4 Å². The summed E-state index contributed by atoms with van der Waals surface area (Å²) in [6.07, 6.45) is 4.84. The van der Waals surface area contributed by atoms with Crippen molar-refractivity contribution in [3.8, 4) is 5.75 Å². The SMILES string of the molecule is CCNC(=NCc1ccc(C)cc1OC1CCOC1)NCC(c1cccnc1)C(C)C. The Morgan fingerprint density at radius 3 is 2.84 bits per heavy atom. The van der Waals surface area contributed by atoms with Crippen LogP contribution in [0, 0.1) is 12.8 Å². The summed E-state index contributed by atoms with van der Waals surface area (Å²) in [4.78, 5) is 9.13. The first-order valence-corrected chi connectivity index (χ1v) is 11.3. The second-order valence-electron chi connectivity index (χ2n) is 8.43. The van der Waals surface area contributed by atoms with Crippen molar-refractivity contribution in [3.63, 3.8) is 0 Å². The lowest BCUT2D eigenvalue weighted by Crippen LogP contribution is -2.40. The molecule has 0 bridgehead atoms. The molecule has 2 unspecified atom stereocenters. The lowest BCUT2D eigenvalue weighted by atomic mass is 9.89. The highest BCUT2D eigenvalue weighted by atomic mass is 16.5. The number of nitrogens with one attached hydrogen (secondary N) is 2. The summed E-state index contributed by atoms with van der Waals surface area (Å²) >= 11 is 0. The summed E-state index contributed by atoms with van der Waals surface area (Å²) in [7, 11) is 0. The Balaban J connectivity index is 1.69. The van der Waals surface area contributed by atoms with Crippen LogP contribution in [-0.2, 0) is 11.3 Å². The molecule has 168 valence electrons. The number of nitrogens with zero attached hydrogens (tertiary/aromatic N) is 2. The van der Waals surface area contributed by atoms with Gasteiger partial charge in [-0.15, -0.1) is 0 Å². The number of benzene rings is 1. The molecule has 2 heterocycles. The van der Waals surface area contributed by atoms with Crippen molar-refractivity contribution in [2.75, 3.05) is 26.3 Å². The maximum Gasteiger partial charge on any atom is 0.191 e. The number of pyridine rings is 1. The highest BCUT2D eigenvalue weighted by Gasteiger charge is 2.19. The van der Waals surface area contributed by atoms with Crippen LogP contribution in [0.1, 0.15) is 49.8 Å². The van der Waals surface area contributed by atoms with Gasteiger partial charge in [-0.1, -0.05) is 32.0 Å². The van der Waals surface area contributed by atoms with E-state index >= 15 is 0 Å². The lowest BCUT2D eigenvalue weighted by molar-refractivity contribution is 0.140. The molecule has 0 spiro atoms. The van der Waals surface area contributed by atoms with Crippen molar-refractivity contribution < 1.29 is 9.47 Å². The van der Waals surface area contributed by atoms with Crippen molar-refractivity contribution in [2.24, 2.45) is 10.9 Å². The van der Waals surface area contributed by atoms with E-state index in [2.05, 4.69) is 67.6 Å². The molecule has 1 aromatic carbocycles. The van der Waals surface area contributed by atoms with Gasteiger partial charge in [-0.2, -0.15) is 0 Å². The third kappa shape index (κ3) is 6.96. The van der Waals surface area contributed by atoms with E-state index in [4.69, 9.17) is 14.5 Å². The van der Waals surface area contributed by atoms with Crippen molar-refractivity contribution in [3.05, 3.63) is 59.4 Å². The van der Waals surface area contributed by atoms with Crippen molar-refractivity contribution >= 4 is 5.96 Å². The van der Waals surface area contributed by atoms with E-state index in [1.165, 1.54) is 11.1 Å². The van der Waals surface area contributed by atoms with E-state index in [9.17, 15) is 0 Å². The summed E-state index contributed by atoms with van der Waals surface area (Å²) in [5.74, 6) is 2.57. The minimum Gasteiger partial charge on any atom is -0.488 e. The Hall–Kier alpha value is -2.60. The molecule has 3 rings (SSSR count). The van der Waals surface area contributed by atoms with E-state index in [0.29, 0.717) is 25.0 Å². The third-order valence-electron chi connectivity index (χ3n) is 5.56. The van der Waals surface area contributed by atoms with E-state index in [-0.39, 0.29) is 6.10 Å². The predicted octanol–water partition coefficient (Wildman–Crippen LogP) is 4.05. The summed E-state index contributed by atoms with van der Waals surface area (Å²) < 4.78 is 11.7. The quantitative estimate of drug-likeness (QED) is 0.469. The number of aromatic nitrogens is 1. The lowest BCUT2D eigenvalue weighted by Gasteiger charge is -2.23. The second-order valence-corrected chi connectivity index (χ2v) is 8.43. The number of hydrogen-bond donors (Lipinski definition) is 2. The Bertz CT molecular complexity index is 833. The first-order chi connectivity index (χ1) is 15.1. The molecule has 0 aliphatic carbocycles. The van der Waals surface area contributed by atoms with Crippen LogP contribution >= 0.6 is 0 Å². The summed E-state index contributed by atoms with van der Waals surface area (Å²) in [6, 6.07) is 10.5. The Kier molecular flexibility index (Phi) is 8.71. The van der Waals surface area contributed by atoms with Crippen LogP contribution in [0.25, 0.3) is 0 Å². The second kappa shape index (κ2) is 11.7. The molecule has 1 aromatic heterocycles. The molecule has 1 aliphatic heterocycles. The first-order valence-electron chi connectivity index (χ1n) is 11.3. The minimum atomic E-state index is 0.127. The molecule has 2 aromatic rings. The molecular weight excluding hydrogens is 388 g/mol. The van der Waals surface area contributed by atoms with Gasteiger partial charge >= 0.3 is 0 Å². The molecule has 1 saturated heterocycles. The third-order valence-corrected chi connectivity index (χ3v) is 5.56. The van der Waals surface area contributed by atoms with Gasteiger partial charge in [0.15, 0.2) is 5.96 Å². The fraction of sp³-hybridized carbons (Fsp3) is 0.520. The Labute approximate surface area is 186 Å². The van der Waals surface area contributed by atoms with Crippen LogP contribution in [0.4, 0.5) is 0 Å². The highest BCUT2D eigenvalue weighted by Crippen LogP contribution is 2.25.